The molecule has 0 aliphatic carbocycles. The average molecular weight is 119 g/mol. The van der Waals surface area contributed by atoms with Crippen LogP contribution < -0.4 is 0 Å². The molecule has 51 valence electrons. The molecular weight excluding hydrogens is 104 g/mol. The summed E-state index contributed by atoms with van der Waals surface area (Å²) < 4.78 is 0. The Kier molecular flexibility index (Phi) is 6.85. The topological polar surface area (TPSA) is 40.1 Å². The fourth-order valence-electron chi connectivity index (χ4n) is 0. The monoisotopic (exact) mass is 119 g/mol. The van der Waals surface area contributed by atoms with Crippen molar-refractivity contribution in [3.63, 3.8) is 0 Å². The van der Waals surface area contributed by atoms with Crippen LogP contribution in [0.25, 0.3) is 0 Å². The molecule has 0 aliphatic rings. The van der Waals surface area contributed by atoms with Gasteiger partial charge in [0.05, 0.1) is 5.60 Å². The second-order valence-electron chi connectivity index (χ2n) is 2.43. The van der Waals surface area contributed by atoms with Crippen molar-refractivity contribution in [2.24, 2.45) is 0 Å². The van der Waals surface area contributed by atoms with Gasteiger partial charge in [-0.15, -0.1) is 0 Å². The van der Waals surface area contributed by atoms with Crippen LogP contribution in [-0.2, 0) is 5.11 Å². The second-order valence-corrected chi connectivity index (χ2v) is 2.43. The number of aliphatic hydroxyl groups excluding tert-OH is 1. The molecule has 0 unspecified atom stereocenters. The minimum absolute atomic E-state index is 0.250. The van der Waals surface area contributed by atoms with E-state index in [1.165, 1.54) is 0 Å². The van der Waals surface area contributed by atoms with Crippen molar-refractivity contribution in [3.8, 4) is 0 Å². The first kappa shape index (κ1) is 10.8. The first-order valence-electron chi connectivity index (χ1n) is 2.73. The van der Waals surface area contributed by atoms with Gasteiger partial charge in [0.2, 0.25) is 0 Å². The van der Waals surface area contributed by atoms with Gasteiger partial charge in [0.15, 0.2) is 0 Å². The number of hydrogen-bond donors (Lipinski definition) is 1. The van der Waals surface area contributed by atoms with Crippen LogP contribution in [0.1, 0.15) is 27.7 Å². The molecule has 0 aromatic rings. The zero-order chi connectivity index (χ0) is 7.21. The van der Waals surface area contributed by atoms with Gasteiger partial charge in [0.1, 0.15) is 0 Å². The molecule has 0 aromatic heterocycles. The number of hydrogen-bond acceptors (Lipinski definition) is 1. The fraction of sp³-hybridized carbons (Fsp3) is 1.00. The molecule has 0 bridgehead atoms. The molecule has 0 aliphatic heterocycles. The Balaban J connectivity index is 0. The van der Waals surface area contributed by atoms with Gasteiger partial charge in [-0.25, -0.2) is 5.11 Å². The van der Waals surface area contributed by atoms with Crippen LogP contribution in [-0.4, -0.2) is 17.3 Å². The van der Waals surface area contributed by atoms with Crippen molar-refractivity contribution in [1.82, 2.24) is 0 Å². The van der Waals surface area contributed by atoms with Crippen molar-refractivity contribution in [1.29, 1.82) is 0 Å². The summed E-state index contributed by atoms with van der Waals surface area (Å²) in [6.07, 6.45) is 0. The minimum atomic E-state index is -0.750. The van der Waals surface area contributed by atoms with E-state index in [9.17, 15) is 5.11 Å². The van der Waals surface area contributed by atoms with E-state index < -0.39 is 5.60 Å². The van der Waals surface area contributed by atoms with Gasteiger partial charge in [-0.1, -0.05) is 0 Å². The molecule has 0 heterocycles. The Labute approximate surface area is 51.2 Å². The maximum absolute atomic E-state index is 10.1. The Bertz CT molecular complexity index is 30.3. The molecule has 8 heavy (non-hydrogen) atoms. The summed E-state index contributed by atoms with van der Waals surface area (Å²) in [5.74, 6) is 0. The molecular formula is C6H15O2. The summed E-state index contributed by atoms with van der Waals surface area (Å²) in [5.41, 5.74) is -0.750. The maximum atomic E-state index is 10.1. The predicted octanol–water partition coefficient (Wildman–Crippen LogP) is 1.21. The van der Waals surface area contributed by atoms with Gasteiger partial charge < -0.3 is 5.11 Å². The van der Waals surface area contributed by atoms with Crippen LogP contribution in [0.5, 0.6) is 0 Å². The van der Waals surface area contributed by atoms with Crippen LogP contribution in [0.3, 0.4) is 0 Å². The van der Waals surface area contributed by atoms with E-state index in [1.807, 2.05) is 0 Å². The summed E-state index contributed by atoms with van der Waals surface area (Å²) in [6, 6.07) is 0. The Morgan fingerprint density at radius 1 is 1.38 bits per heavy atom. The predicted molar refractivity (Wildman–Crippen MR) is 33.2 cm³/mol. The highest BCUT2D eigenvalue weighted by Crippen LogP contribution is 1.95. The molecule has 0 fully saturated rings. The first-order valence-corrected chi connectivity index (χ1v) is 2.73. The van der Waals surface area contributed by atoms with Gasteiger partial charge >= 0.3 is 0 Å². The SMILES string of the molecule is CC(C)(C)[O].CCO. The van der Waals surface area contributed by atoms with Crippen molar-refractivity contribution in [3.05, 3.63) is 0 Å². The molecule has 1 radical (unpaired) electrons. The smallest absolute Gasteiger partial charge is 0.0952 e. The van der Waals surface area contributed by atoms with E-state index in [4.69, 9.17) is 5.11 Å². The zero-order valence-electron chi connectivity index (χ0n) is 6.06. The highest BCUT2D eigenvalue weighted by Gasteiger charge is 2.01. The summed E-state index contributed by atoms with van der Waals surface area (Å²) in [6.45, 7) is 6.83. The summed E-state index contributed by atoms with van der Waals surface area (Å²) in [5, 5.41) is 17.7. The molecule has 2 nitrogen and oxygen atoms in total. The lowest BCUT2D eigenvalue weighted by atomic mass is 10.2. The lowest BCUT2D eigenvalue weighted by molar-refractivity contribution is 0.0219. The summed E-state index contributed by atoms with van der Waals surface area (Å²) in [4.78, 5) is 0. The first-order chi connectivity index (χ1) is 3.41. The fourth-order valence-corrected chi connectivity index (χ4v) is 0. The molecule has 0 spiro atoms. The molecule has 0 amide bonds. The third-order valence-corrected chi connectivity index (χ3v) is 0. The highest BCUT2D eigenvalue weighted by molar-refractivity contribution is 4.50. The lowest BCUT2D eigenvalue weighted by Crippen LogP contribution is -2.07. The van der Waals surface area contributed by atoms with Crippen LogP contribution in [0, 0.1) is 0 Å². The van der Waals surface area contributed by atoms with Gasteiger partial charge in [0.25, 0.3) is 0 Å². The van der Waals surface area contributed by atoms with Gasteiger partial charge in [-0.3, -0.25) is 0 Å². The highest BCUT2D eigenvalue weighted by atomic mass is 16.3. The summed E-state index contributed by atoms with van der Waals surface area (Å²) >= 11 is 0. The third kappa shape index (κ3) is 22400. The Morgan fingerprint density at radius 2 is 1.38 bits per heavy atom. The van der Waals surface area contributed by atoms with E-state index in [2.05, 4.69) is 0 Å². The van der Waals surface area contributed by atoms with Gasteiger partial charge in [0, 0.05) is 6.61 Å². The lowest BCUT2D eigenvalue weighted by Gasteiger charge is -2.00. The van der Waals surface area contributed by atoms with Crippen molar-refractivity contribution in [2.45, 2.75) is 33.3 Å². The second kappa shape index (κ2) is 5.06. The molecule has 0 rings (SSSR count). The zero-order valence-corrected chi connectivity index (χ0v) is 6.06. The normalized spacial score (nSPS) is 9.75. The van der Waals surface area contributed by atoms with Crippen molar-refractivity contribution < 1.29 is 10.2 Å². The van der Waals surface area contributed by atoms with Gasteiger partial charge in [-0.05, 0) is 27.7 Å². The molecule has 1 N–H and O–H groups in total. The van der Waals surface area contributed by atoms with E-state index >= 15 is 0 Å². The quantitative estimate of drug-likeness (QED) is 0.511. The van der Waals surface area contributed by atoms with Gasteiger partial charge in [-0.2, -0.15) is 0 Å². The molecule has 0 saturated heterocycles. The van der Waals surface area contributed by atoms with E-state index in [-0.39, 0.29) is 6.61 Å². The van der Waals surface area contributed by atoms with Crippen molar-refractivity contribution >= 4 is 0 Å². The Morgan fingerprint density at radius 3 is 1.38 bits per heavy atom. The van der Waals surface area contributed by atoms with E-state index in [1.54, 1.807) is 27.7 Å². The average Bonchev–Trinajstić information content (AvgIpc) is 1.27. The largest absolute Gasteiger partial charge is 0.397 e. The Hall–Kier alpha value is -0.0800. The van der Waals surface area contributed by atoms with Crippen molar-refractivity contribution in [2.75, 3.05) is 6.61 Å². The number of rotatable bonds is 0. The minimum Gasteiger partial charge on any atom is -0.397 e. The van der Waals surface area contributed by atoms with Crippen LogP contribution in [0.15, 0.2) is 0 Å². The molecule has 0 aromatic carbocycles. The van der Waals surface area contributed by atoms with Crippen LogP contribution >= 0.6 is 0 Å². The molecule has 0 saturated carbocycles. The standard InChI is InChI=1S/C4H9O.C2H6O/c1-4(2,3)5;1-2-3/h1-3H3;3H,2H2,1H3. The van der Waals surface area contributed by atoms with Crippen LogP contribution in [0.4, 0.5) is 0 Å². The van der Waals surface area contributed by atoms with Crippen LogP contribution in [0.2, 0.25) is 0 Å². The number of aliphatic hydroxyl groups is 1. The van der Waals surface area contributed by atoms with E-state index in [0.29, 0.717) is 0 Å². The van der Waals surface area contributed by atoms with E-state index in [0.717, 1.165) is 0 Å². The molecule has 0 atom stereocenters. The maximum Gasteiger partial charge on any atom is 0.0952 e. The summed E-state index contributed by atoms with van der Waals surface area (Å²) in [7, 11) is 0. The molecule has 2 heteroatoms. The third-order valence-electron chi connectivity index (χ3n) is 0.